The Morgan fingerprint density at radius 1 is 1.43 bits per heavy atom. The van der Waals surface area contributed by atoms with Crippen molar-refractivity contribution in [3.63, 3.8) is 0 Å². The molecule has 0 radical (unpaired) electrons. The van der Waals surface area contributed by atoms with Crippen molar-refractivity contribution >= 4 is 38.8 Å². The number of pyridine rings is 1. The Morgan fingerprint density at radius 3 is 2.86 bits per heavy atom. The molecule has 3 N–H and O–H groups in total. The summed E-state index contributed by atoms with van der Waals surface area (Å²) >= 11 is 1.37. The largest absolute Gasteiger partial charge is 0.397 e. The molecule has 0 aliphatic carbocycles. The predicted octanol–water partition coefficient (Wildman–Crippen LogP) is 2.48. The molecule has 3 aromatic heterocycles. The number of nitrogens with zero attached hydrogens (tertiary/aromatic N) is 3. The number of carbonyl (C=O) groups excluding carboxylic acids is 1. The fraction of sp³-hybridized carbons (Fsp3) is 0.214. The Hall–Kier alpha value is -2.41. The number of thiophene rings is 1. The summed E-state index contributed by atoms with van der Waals surface area (Å²) in [5.41, 5.74) is 8.37. The van der Waals surface area contributed by atoms with Crippen molar-refractivity contribution < 1.29 is 4.79 Å². The van der Waals surface area contributed by atoms with Crippen molar-refractivity contribution in [2.24, 2.45) is 7.05 Å². The van der Waals surface area contributed by atoms with Gasteiger partial charge >= 0.3 is 0 Å². The average molecular weight is 301 g/mol. The molecular formula is C14H15N5OS. The summed E-state index contributed by atoms with van der Waals surface area (Å²) in [5, 5.41) is 7.74. The summed E-state index contributed by atoms with van der Waals surface area (Å²) in [6.07, 6.45) is 1.77. The van der Waals surface area contributed by atoms with Gasteiger partial charge in [0.1, 0.15) is 4.88 Å². The number of nitrogens with two attached hydrogens (primary N) is 1. The van der Waals surface area contributed by atoms with E-state index in [0.29, 0.717) is 16.4 Å². The first-order valence-corrected chi connectivity index (χ1v) is 7.24. The average Bonchev–Trinajstić information content (AvgIpc) is 2.93. The van der Waals surface area contributed by atoms with Crippen LogP contribution in [0, 0.1) is 13.8 Å². The minimum atomic E-state index is -0.246. The minimum absolute atomic E-state index is 0.246. The van der Waals surface area contributed by atoms with Crippen LogP contribution in [0.25, 0.3) is 10.1 Å². The lowest BCUT2D eigenvalue weighted by atomic mass is 10.2. The van der Waals surface area contributed by atoms with Gasteiger partial charge in [-0.25, -0.2) is 0 Å². The summed E-state index contributed by atoms with van der Waals surface area (Å²) in [5.74, 6) is 0.259. The zero-order valence-electron chi connectivity index (χ0n) is 12.0. The normalized spacial score (nSPS) is 11.0. The lowest BCUT2D eigenvalue weighted by molar-refractivity contribution is 0.103. The highest BCUT2D eigenvalue weighted by Gasteiger charge is 2.19. The molecule has 3 rings (SSSR count). The molecular weight excluding hydrogens is 286 g/mol. The third kappa shape index (κ3) is 2.36. The monoisotopic (exact) mass is 301 g/mol. The van der Waals surface area contributed by atoms with Crippen molar-refractivity contribution in [2.75, 3.05) is 11.1 Å². The molecule has 108 valence electrons. The Morgan fingerprint density at radius 2 is 2.19 bits per heavy atom. The minimum Gasteiger partial charge on any atom is -0.397 e. The molecule has 3 aromatic rings. The van der Waals surface area contributed by atoms with Crippen LogP contribution in [0.5, 0.6) is 0 Å². The van der Waals surface area contributed by atoms with Crippen molar-refractivity contribution in [2.45, 2.75) is 13.8 Å². The van der Waals surface area contributed by atoms with Crippen LogP contribution in [-0.2, 0) is 7.05 Å². The first kappa shape index (κ1) is 13.6. The van der Waals surface area contributed by atoms with Gasteiger partial charge in [-0.3, -0.25) is 14.5 Å². The number of aromatic nitrogens is 3. The van der Waals surface area contributed by atoms with Crippen LogP contribution >= 0.6 is 11.3 Å². The van der Waals surface area contributed by atoms with Crippen LogP contribution < -0.4 is 11.1 Å². The third-order valence-corrected chi connectivity index (χ3v) is 4.33. The summed E-state index contributed by atoms with van der Waals surface area (Å²) in [7, 11) is 1.79. The second-order valence-corrected chi connectivity index (χ2v) is 5.95. The van der Waals surface area contributed by atoms with Crippen LogP contribution in [0.3, 0.4) is 0 Å². The van der Waals surface area contributed by atoms with Gasteiger partial charge in [0, 0.05) is 40.8 Å². The number of hydrogen-bond donors (Lipinski definition) is 2. The Bertz CT molecular complexity index is 849. The van der Waals surface area contributed by atoms with E-state index in [1.54, 1.807) is 24.0 Å². The van der Waals surface area contributed by atoms with Crippen LogP contribution in [-0.4, -0.2) is 20.7 Å². The first-order valence-electron chi connectivity index (χ1n) is 6.43. The number of rotatable bonds is 2. The van der Waals surface area contributed by atoms with Gasteiger partial charge in [0.25, 0.3) is 5.91 Å². The third-order valence-electron chi connectivity index (χ3n) is 3.18. The van der Waals surface area contributed by atoms with E-state index in [4.69, 9.17) is 5.73 Å². The molecule has 1 amide bonds. The Balaban J connectivity index is 2.02. The van der Waals surface area contributed by atoms with E-state index in [1.807, 2.05) is 19.9 Å². The molecule has 0 saturated carbocycles. The molecule has 3 heterocycles. The molecule has 6 nitrogen and oxygen atoms in total. The summed E-state index contributed by atoms with van der Waals surface area (Å²) in [6, 6.07) is 3.68. The van der Waals surface area contributed by atoms with Crippen molar-refractivity contribution in [1.29, 1.82) is 0 Å². The van der Waals surface area contributed by atoms with Gasteiger partial charge in [-0.2, -0.15) is 5.10 Å². The van der Waals surface area contributed by atoms with E-state index in [1.165, 1.54) is 11.3 Å². The lowest BCUT2D eigenvalue weighted by Crippen LogP contribution is -2.12. The zero-order chi connectivity index (χ0) is 15.1. The fourth-order valence-electron chi connectivity index (χ4n) is 2.30. The van der Waals surface area contributed by atoms with Crippen LogP contribution in [0.4, 0.5) is 11.5 Å². The van der Waals surface area contributed by atoms with E-state index >= 15 is 0 Å². The number of anilines is 2. The molecule has 0 aliphatic heterocycles. The van der Waals surface area contributed by atoms with Gasteiger partial charge < -0.3 is 11.1 Å². The molecule has 7 heteroatoms. The topological polar surface area (TPSA) is 85.8 Å². The smallest absolute Gasteiger partial charge is 0.269 e. The number of nitrogen functional groups attached to an aromatic ring is 1. The molecule has 0 unspecified atom stereocenters. The Kier molecular flexibility index (Phi) is 3.13. The molecule has 0 spiro atoms. The molecule has 0 bridgehead atoms. The molecule has 0 fully saturated rings. The summed E-state index contributed by atoms with van der Waals surface area (Å²) in [6.45, 7) is 3.83. The van der Waals surface area contributed by atoms with E-state index in [-0.39, 0.29) is 5.91 Å². The maximum Gasteiger partial charge on any atom is 0.269 e. The highest BCUT2D eigenvalue weighted by molar-refractivity contribution is 7.21. The van der Waals surface area contributed by atoms with Crippen LogP contribution in [0.2, 0.25) is 0 Å². The second kappa shape index (κ2) is 4.85. The standard InChI is InChI=1S/C14H15N5OS/c1-7-6-9-11(8(2)16-7)12(15)13(21-9)14(20)17-10-4-5-19(3)18-10/h4-6H,15H2,1-3H3,(H,17,18,20). The number of aryl methyl sites for hydroxylation is 3. The van der Waals surface area contributed by atoms with Crippen molar-refractivity contribution in [3.05, 3.63) is 34.6 Å². The van der Waals surface area contributed by atoms with E-state index < -0.39 is 0 Å². The van der Waals surface area contributed by atoms with Crippen LogP contribution in [0.15, 0.2) is 18.3 Å². The second-order valence-electron chi connectivity index (χ2n) is 4.90. The van der Waals surface area contributed by atoms with Gasteiger partial charge in [0.05, 0.1) is 5.69 Å². The Labute approximate surface area is 125 Å². The van der Waals surface area contributed by atoms with Gasteiger partial charge in [0.15, 0.2) is 5.82 Å². The highest BCUT2D eigenvalue weighted by atomic mass is 32.1. The summed E-state index contributed by atoms with van der Waals surface area (Å²) < 4.78 is 2.60. The van der Waals surface area contributed by atoms with Crippen molar-refractivity contribution in [3.8, 4) is 0 Å². The number of fused-ring (bicyclic) bond motifs is 1. The summed E-state index contributed by atoms with van der Waals surface area (Å²) in [4.78, 5) is 17.3. The highest BCUT2D eigenvalue weighted by Crippen LogP contribution is 2.35. The quantitative estimate of drug-likeness (QED) is 0.761. The molecule has 21 heavy (non-hydrogen) atoms. The lowest BCUT2D eigenvalue weighted by Gasteiger charge is -2.01. The van der Waals surface area contributed by atoms with Gasteiger partial charge in [-0.15, -0.1) is 11.3 Å². The zero-order valence-corrected chi connectivity index (χ0v) is 12.8. The SMILES string of the molecule is Cc1cc2sc(C(=O)Nc3ccn(C)n3)c(N)c2c(C)n1. The fourth-order valence-corrected chi connectivity index (χ4v) is 3.47. The molecule has 0 aromatic carbocycles. The maximum atomic E-state index is 12.4. The van der Waals surface area contributed by atoms with Gasteiger partial charge in [0.2, 0.25) is 0 Å². The van der Waals surface area contributed by atoms with E-state index in [0.717, 1.165) is 21.5 Å². The first-order chi connectivity index (χ1) is 9.95. The van der Waals surface area contributed by atoms with Gasteiger partial charge in [-0.1, -0.05) is 0 Å². The van der Waals surface area contributed by atoms with Gasteiger partial charge in [-0.05, 0) is 19.9 Å². The van der Waals surface area contributed by atoms with E-state index in [9.17, 15) is 4.79 Å². The number of hydrogen-bond acceptors (Lipinski definition) is 5. The van der Waals surface area contributed by atoms with E-state index in [2.05, 4.69) is 15.4 Å². The molecule has 0 atom stereocenters. The maximum absolute atomic E-state index is 12.4. The molecule has 0 saturated heterocycles. The number of nitrogens with one attached hydrogen (secondary N) is 1. The number of carbonyl (C=O) groups is 1. The number of amides is 1. The van der Waals surface area contributed by atoms with Crippen LogP contribution in [0.1, 0.15) is 21.1 Å². The van der Waals surface area contributed by atoms with Crippen molar-refractivity contribution in [1.82, 2.24) is 14.8 Å². The predicted molar refractivity (Wildman–Crippen MR) is 84.7 cm³/mol. The molecule has 0 aliphatic rings.